The van der Waals surface area contributed by atoms with Gasteiger partial charge in [0.05, 0.1) is 0 Å². The molecule has 0 amide bonds. The summed E-state index contributed by atoms with van der Waals surface area (Å²) < 4.78 is 56.7. The molecule has 20 heavy (non-hydrogen) atoms. The van der Waals surface area contributed by atoms with E-state index in [0.29, 0.717) is 6.07 Å². The summed E-state index contributed by atoms with van der Waals surface area (Å²) in [5.41, 5.74) is 0.00362. The second-order valence-electron chi connectivity index (χ2n) is 3.94. The normalized spacial score (nSPS) is 11.8. The summed E-state index contributed by atoms with van der Waals surface area (Å²) in [5.74, 6) is -1.49. The van der Waals surface area contributed by atoms with Crippen molar-refractivity contribution in [2.75, 3.05) is 0 Å². The predicted molar refractivity (Wildman–Crippen MR) is 65.0 cm³/mol. The van der Waals surface area contributed by atoms with Crippen LogP contribution in [-0.2, 0) is 23.2 Å². The summed E-state index contributed by atoms with van der Waals surface area (Å²) in [6.07, 6.45) is 0. The van der Waals surface area contributed by atoms with Crippen LogP contribution in [0.5, 0.6) is 0 Å². The quantitative estimate of drug-likeness (QED) is 0.878. The molecule has 8 heteroatoms. The van der Waals surface area contributed by atoms with E-state index < -0.39 is 28.3 Å². The molecule has 5 nitrogen and oxygen atoms in total. The number of hydrogen-bond donors (Lipinski definition) is 2. The number of nitrogens with one attached hydrogen (secondary N) is 1. The first-order chi connectivity index (χ1) is 9.42. The van der Waals surface area contributed by atoms with Crippen LogP contribution < -0.4 is 4.72 Å². The molecule has 2 aromatic rings. The van der Waals surface area contributed by atoms with E-state index in [-0.39, 0.29) is 23.0 Å². The van der Waals surface area contributed by atoms with E-state index in [1.54, 1.807) is 0 Å². The van der Waals surface area contributed by atoms with Crippen LogP contribution in [0.25, 0.3) is 0 Å². The minimum absolute atomic E-state index is 0.00362. The Morgan fingerprint density at radius 2 is 1.95 bits per heavy atom. The molecule has 0 bridgehead atoms. The van der Waals surface area contributed by atoms with Gasteiger partial charge in [0.25, 0.3) is 10.0 Å². The first-order valence-electron chi connectivity index (χ1n) is 5.55. The zero-order chi connectivity index (χ0) is 14.8. The van der Waals surface area contributed by atoms with E-state index >= 15 is 0 Å². The Balaban J connectivity index is 2.13. The molecule has 0 saturated carbocycles. The molecular formula is C12H11F2NO4S. The van der Waals surface area contributed by atoms with Gasteiger partial charge in [0.2, 0.25) is 5.09 Å². The topological polar surface area (TPSA) is 79.5 Å². The second-order valence-corrected chi connectivity index (χ2v) is 5.64. The molecular weight excluding hydrogens is 292 g/mol. The third-order valence-electron chi connectivity index (χ3n) is 2.53. The Morgan fingerprint density at radius 3 is 2.55 bits per heavy atom. The molecule has 0 aliphatic heterocycles. The zero-order valence-electron chi connectivity index (χ0n) is 10.1. The first-order valence-corrected chi connectivity index (χ1v) is 7.04. The molecule has 0 saturated heterocycles. The minimum atomic E-state index is -3.96. The summed E-state index contributed by atoms with van der Waals surface area (Å²) in [4.78, 5) is 0. The number of benzene rings is 1. The van der Waals surface area contributed by atoms with Gasteiger partial charge in [-0.25, -0.2) is 21.9 Å². The van der Waals surface area contributed by atoms with E-state index in [4.69, 9.17) is 9.52 Å². The van der Waals surface area contributed by atoms with Gasteiger partial charge >= 0.3 is 0 Å². The van der Waals surface area contributed by atoms with Crippen molar-refractivity contribution in [1.82, 2.24) is 4.72 Å². The molecule has 0 unspecified atom stereocenters. The number of hydrogen-bond acceptors (Lipinski definition) is 4. The largest absolute Gasteiger partial charge is 0.446 e. The maximum absolute atomic E-state index is 13.4. The molecule has 0 atom stereocenters. The summed E-state index contributed by atoms with van der Waals surface area (Å²) in [5, 5.41) is 8.41. The maximum Gasteiger partial charge on any atom is 0.274 e. The molecule has 1 aromatic carbocycles. The van der Waals surface area contributed by atoms with Crippen LogP contribution in [0, 0.1) is 11.6 Å². The predicted octanol–water partition coefficient (Wildman–Crippen LogP) is 1.53. The van der Waals surface area contributed by atoms with Crippen LogP contribution in [0.2, 0.25) is 0 Å². The molecule has 0 aliphatic carbocycles. The monoisotopic (exact) mass is 303 g/mol. The van der Waals surface area contributed by atoms with Gasteiger partial charge in [-0.05, 0) is 18.2 Å². The molecule has 0 radical (unpaired) electrons. The maximum atomic E-state index is 13.4. The Morgan fingerprint density at radius 1 is 1.20 bits per heavy atom. The summed E-state index contributed by atoms with van der Waals surface area (Å²) >= 11 is 0. The lowest BCUT2D eigenvalue weighted by atomic mass is 10.2. The van der Waals surface area contributed by atoms with Crippen LogP contribution >= 0.6 is 0 Å². The van der Waals surface area contributed by atoms with Gasteiger partial charge in [0.1, 0.15) is 24.0 Å². The van der Waals surface area contributed by atoms with E-state index in [1.165, 1.54) is 12.1 Å². The fourth-order valence-electron chi connectivity index (χ4n) is 1.50. The highest BCUT2D eigenvalue weighted by atomic mass is 32.2. The van der Waals surface area contributed by atoms with Crippen molar-refractivity contribution in [1.29, 1.82) is 0 Å². The third kappa shape index (κ3) is 3.21. The molecule has 0 fully saturated rings. The van der Waals surface area contributed by atoms with Crippen molar-refractivity contribution in [3.8, 4) is 0 Å². The van der Waals surface area contributed by atoms with Crippen molar-refractivity contribution in [2.45, 2.75) is 18.2 Å². The standard InChI is InChI=1S/C12H11F2NO4S/c13-9-2-1-8(11(14)5-9)6-15-20(17,18)12-4-3-10(7-16)19-12/h1-5,15-16H,6-7H2. The lowest BCUT2D eigenvalue weighted by molar-refractivity contribution is 0.236. The number of rotatable bonds is 5. The molecule has 1 heterocycles. The highest BCUT2D eigenvalue weighted by Crippen LogP contribution is 2.15. The van der Waals surface area contributed by atoms with Gasteiger partial charge in [0, 0.05) is 18.2 Å². The fraction of sp³-hybridized carbons (Fsp3) is 0.167. The van der Waals surface area contributed by atoms with E-state index in [9.17, 15) is 17.2 Å². The van der Waals surface area contributed by atoms with Gasteiger partial charge in [-0.3, -0.25) is 0 Å². The smallest absolute Gasteiger partial charge is 0.274 e. The van der Waals surface area contributed by atoms with Gasteiger partial charge in [0.15, 0.2) is 0 Å². The third-order valence-corrected chi connectivity index (χ3v) is 3.80. The fourth-order valence-corrected chi connectivity index (χ4v) is 2.45. The second kappa shape index (κ2) is 5.70. The van der Waals surface area contributed by atoms with Crippen LogP contribution in [-0.4, -0.2) is 13.5 Å². The Hall–Kier alpha value is -1.77. The summed E-state index contributed by atoms with van der Waals surface area (Å²) in [6, 6.07) is 5.33. The van der Waals surface area contributed by atoms with Gasteiger partial charge < -0.3 is 9.52 Å². The molecule has 0 spiro atoms. The van der Waals surface area contributed by atoms with Gasteiger partial charge in [-0.1, -0.05) is 6.07 Å². The number of furan rings is 1. The minimum Gasteiger partial charge on any atom is -0.446 e. The van der Waals surface area contributed by atoms with E-state index in [2.05, 4.69) is 4.72 Å². The zero-order valence-corrected chi connectivity index (χ0v) is 11.0. The Kier molecular flexibility index (Phi) is 4.17. The SMILES string of the molecule is O=S(=O)(NCc1ccc(F)cc1F)c1ccc(CO)o1. The lowest BCUT2D eigenvalue weighted by Gasteiger charge is -2.05. The van der Waals surface area contributed by atoms with Crippen molar-refractivity contribution >= 4 is 10.0 Å². The Bertz CT molecular complexity index is 712. The highest BCUT2D eigenvalue weighted by Gasteiger charge is 2.19. The molecule has 108 valence electrons. The van der Waals surface area contributed by atoms with Crippen LogP contribution in [0.4, 0.5) is 8.78 Å². The van der Waals surface area contributed by atoms with Gasteiger partial charge in [-0.2, -0.15) is 0 Å². The molecule has 2 rings (SSSR count). The molecule has 2 N–H and O–H groups in total. The number of sulfonamides is 1. The molecule has 0 aliphatic rings. The van der Waals surface area contributed by atoms with Crippen molar-refractivity contribution < 1.29 is 26.7 Å². The molecule has 1 aromatic heterocycles. The highest BCUT2D eigenvalue weighted by molar-refractivity contribution is 7.89. The van der Waals surface area contributed by atoms with Crippen LogP contribution in [0.3, 0.4) is 0 Å². The van der Waals surface area contributed by atoms with Crippen LogP contribution in [0.1, 0.15) is 11.3 Å². The average molecular weight is 303 g/mol. The van der Waals surface area contributed by atoms with Crippen molar-refractivity contribution in [2.24, 2.45) is 0 Å². The average Bonchev–Trinajstić information content (AvgIpc) is 2.87. The summed E-state index contributed by atoms with van der Waals surface area (Å²) in [6.45, 7) is -0.772. The first kappa shape index (κ1) is 14.6. The van der Waals surface area contributed by atoms with Crippen LogP contribution in [0.15, 0.2) is 39.8 Å². The Labute approximate surface area is 113 Å². The number of aliphatic hydroxyl groups excluding tert-OH is 1. The summed E-state index contributed by atoms with van der Waals surface area (Å²) in [7, 11) is -3.96. The number of halogens is 2. The lowest BCUT2D eigenvalue weighted by Crippen LogP contribution is -2.23. The van der Waals surface area contributed by atoms with Crippen molar-refractivity contribution in [3.63, 3.8) is 0 Å². The van der Waals surface area contributed by atoms with E-state index in [0.717, 1.165) is 12.1 Å². The van der Waals surface area contributed by atoms with Crippen molar-refractivity contribution in [3.05, 3.63) is 53.3 Å². The number of aliphatic hydroxyl groups is 1. The van der Waals surface area contributed by atoms with Gasteiger partial charge in [-0.15, -0.1) is 0 Å². The van der Waals surface area contributed by atoms with E-state index in [1.807, 2.05) is 0 Å².